The minimum absolute atomic E-state index is 0.148. The summed E-state index contributed by atoms with van der Waals surface area (Å²) in [5.41, 5.74) is 1.51. The van der Waals surface area contributed by atoms with Gasteiger partial charge >= 0.3 is 5.97 Å². The molecule has 0 unspecified atom stereocenters. The highest BCUT2D eigenvalue weighted by Crippen LogP contribution is 2.21. The lowest BCUT2D eigenvalue weighted by Crippen LogP contribution is -2.32. The van der Waals surface area contributed by atoms with E-state index in [9.17, 15) is 18.0 Å². The van der Waals surface area contributed by atoms with Crippen molar-refractivity contribution >= 4 is 43.5 Å². The minimum Gasteiger partial charge on any atom is -0.462 e. The van der Waals surface area contributed by atoms with Gasteiger partial charge in [-0.1, -0.05) is 25.2 Å². The van der Waals surface area contributed by atoms with Crippen LogP contribution in [0.1, 0.15) is 54.3 Å². The Balaban J connectivity index is 1.97. The molecule has 11 heteroatoms. The molecule has 0 aliphatic heterocycles. The first-order chi connectivity index (χ1) is 17.8. The fraction of sp³-hybridized carbons (Fsp3) is 0.423. The first-order valence-corrected chi connectivity index (χ1v) is 14.5. The number of aromatic nitrogens is 1. The van der Waals surface area contributed by atoms with Crippen LogP contribution in [0.2, 0.25) is 0 Å². The Morgan fingerprint density at radius 3 is 2.24 bits per heavy atom. The Morgan fingerprint density at radius 2 is 1.65 bits per heavy atom. The van der Waals surface area contributed by atoms with Crippen LogP contribution in [0, 0.1) is 0 Å². The molecule has 0 bridgehead atoms. The number of hydrogen-bond acceptors (Lipinski definition) is 7. The van der Waals surface area contributed by atoms with Crippen molar-refractivity contribution < 1.29 is 27.5 Å². The Kier molecular flexibility index (Phi) is 10.2. The molecule has 0 saturated carbocycles. The molecule has 9 nitrogen and oxygen atoms in total. The molecule has 0 aliphatic rings. The second-order valence-electron chi connectivity index (χ2n) is 8.28. The minimum atomic E-state index is -3.64. The van der Waals surface area contributed by atoms with Gasteiger partial charge in [-0.2, -0.15) is 9.30 Å². The molecule has 0 fully saturated rings. The van der Waals surface area contributed by atoms with Gasteiger partial charge in [0.25, 0.3) is 5.91 Å². The van der Waals surface area contributed by atoms with Crippen LogP contribution in [0.25, 0.3) is 10.2 Å². The number of carbonyl (C=O) groups excluding carboxylic acids is 2. The number of amides is 1. The maximum absolute atomic E-state index is 13.0. The van der Waals surface area contributed by atoms with Crippen molar-refractivity contribution in [1.82, 2.24) is 8.87 Å². The molecule has 37 heavy (non-hydrogen) atoms. The van der Waals surface area contributed by atoms with Crippen LogP contribution in [0.15, 0.2) is 52.4 Å². The number of thiazole rings is 1. The lowest BCUT2D eigenvalue weighted by Gasteiger charge is -2.21. The van der Waals surface area contributed by atoms with Crippen LogP contribution in [0.4, 0.5) is 0 Å². The number of nitrogens with zero attached hydrogens (tertiary/aromatic N) is 3. The van der Waals surface area contributed by atoms with E-state index in [0.29, 0.717) is 49.4 Å². The summed E-state index contributed by atoms with van der Waals surface area (Å²) in [7, 11) is -2.05. The average Bonchev–Trinajstić information content (AvgIpc) is 3.23. The Bertz CT molecular complexity index is 1400. The number of ether oxygens (including phenoxy) is 2. The molecule has 3 rings (SSSR count). The maximum atomic E-state index is 13.0. The summed E-state index contributed by atoms with van der Waals surface area (Å²) in [6, 6.07) is 11.1. The SMILES string of the molecule is CCCN(CCC)S(=O)(=O)c1ccc(C(=O)N=c2sc3cc(C(=O)OCC)ccc3n2CCOC)cc1. The molecule has 1 amide bonds. The van der Waals surface area contributed by atoms with E-state index in [1.807, 2.05) is 18.4 Å². The maximum Gasteiger partial charge on any atom is 0.338 e. The number of rotatable bonds is 12. The number of sulfonamides is 1. The highest BCUT2D eigenvalue weighted by molar-refractivity contribution is 7.89. The molecular weight excluding hydrogens is 514 g/mol. The summed E-state index contributed by atoms with van der Waals surface area (Å²) in [5.74, 6) is -0.909. The summed E-state index contributed by atoms with van der Waals surface area (Å²) in [5, 5.41) is 0. The van der Waals surface area contributed by atoms with Gasteiger partial charge in [-0.25, -0.2) is 13.2 Å². The summed E-state index contributed by atoms with van der Waals surface area (Å²) < 4.78 is 40.5. The number of esters is 1. The van der Waals surface area contributed by atoms with Gasteiger partial charge in [-0.3, -0.25) is 4.79 Å². The molecule has 2 aromatic carbocycles. The van der Waals surface area contributed by atoms with Crippen molar-refractivity contribution in [2.24, 2.45) is 4.99 Å². The van der Waals surface area contributed by atoms with Gasteiger partial charge in [0.15, 0.2) is 4.80 Å². The van der Waals surface area contributed by atoms with Gasteiger partial charge in [0.05, 0.1) is 33.9 Å². The molecule has 3 aromatic rings. The van der Waals surface area contributed by atoms with Gasteiger partial charge in [0.2, 0.25) is 10.0 Å². The predicted octanol–water partition coefficient (Wildman–Crippen LogP) is 4.08. The fourth-order valence-corrected chi connectivity index (χ4v) is 6.54. The molecular formula is C26H33N3O6S2. The summed E-state index contributed by atoms with van der Waals surface area (Å²) in [6.45, 7) is 7.65. The Morgan fingerprint density at radius 1 is 1.00 bits per heavy atom. The van der Waals surface area contributed by atoms with Crippen molar-refractivity contribution in [3.8, 4) is 0 Å². The van der Waals surface area contributed by atoms with Gasteiger partial charge in [-0.15, -0.1) is 0 Å². The second-order valence-corrected chi connectivity index (χ2v) is 11.2. The molecule has 0 spiro atoms. The third-order valence-corrected chi connectivity index (χ3v) is 8.55. The van der Waals surface area contributed by atoms with Crippen LogP contribution >= 0.6 is 11.3 Å². The number of carbonyl (C=O) groups is 2. The average molecular weight is 548 g/mol. The quantitative estimate of drug-likeness (QED) is 0.316. The normalized spacial score (nSPS) is 12.4. The van der Waals surface area contributed by atoms with E-state index >= 15 is 0 Å². The predicted molar refractivity (Wildman–Crippen MR) is 143 cm³/mol. The van der Waals surface area contributed by atoms with Crippen LogP contribution in [0.3, 0.4) is 0 Å². The van der Waals surface area contributed by atoms with E-state index in [2.05, 4.69) is 4.99 Å². The zero-order valence-electron chi connectivity index (χ0n) is 21.6. The smallest absolute Gasteiger partial charge is 0.338 e. The van der Waals surface area contributed by atoms with Crippen molar-refractivity contribution in [2.45, 2.75) is 45.1 Å². The Labute approximate surface area is 221 Å². The van der Waals surface area contributed by atoms with E-state index in [1.165, 1.54) is 39.9 Å². The van der Waals surface area contributed by atoms with Crippen molar-refractivity contribution in [3.63, 3.8) is 0 Å². The summed E-state index contributed by atoms with van der Waals surface area (Å²) in [4.78, 5) is 30.1. The molecule has 0 N–H and O–H groups in total. The van der Waals surface area contributed by atoms with Gasteiger partial charge in [0.1, 0.15) is 0 Å². The standard InChI is InChI=1S/C26H33N3O6S2/c1-5-14-28(15-6-2)37(32,33)21-11-8-19(9-12-21)24(30)27-26-29(16-17-34-4)22-13-10-20(18-23(22)36-26)25(31)35-7-3/h8-13,18H,5-7,14-17H2,1-4H3. The van der Waals surface area contributed by atoms with E-state index in [-0.39, 0.29) is 17.1 Å². The fourth-order valence-electron chi connectivity index (χ4n) is 3.82. The third-order valence-electron chi connectivity index (χ3n) is 5.60. The van der Waals surface area contributed by atoms with Crippen molar-refractivity contribution in [2.75, 3.05) is 33.4 Å². The highest BCUT2D eigenvalue weighted by Gasteiger charge is 2.23. The zero-order valence-corrected chi connectivity index (χ0v) is 23.2. The third kappa shape index (κ3) is 6.72. The first-order valence-electron chi connectivity index (χ1n) is 12.3. The van der Waals surface area contributed by atoms with Crippen LogP contribution in [-0.4, -0.2) is 62.6 Å². The largest absolute Gasteiger partial charge is 0.462 e. The van der Waals surface area contributed by atoms with E-state index in [4.69, 9.17) is 9.47 Å². The second kappa shape index (κ2) is 13.1. The molecule has 0 radical (unpaired) electrons. The number of fused-ring (bicyclic) bond motifs is 1. The van der Waals surface area contributed by atoms with E-state index in [0.717, 1.165) is 10.2 Å². The zero-order chi connectivity index (χ0) is 27.0. The number of methoxy groups -OCH3 is 1. The molecule has 200 valence electrons. The molecule has 0 saturated heterocycles. The van der Waals surface area contributed by atoms with E-state index in [1.54, 1.807) is 32.2 Å². The van der Waals surface area contributed by atoms with Crippen molar-refractivity contribution in [3.05, 3.63) is 58.4 Å². The molecule has 0 aliphatic carbocycles. The van der Waals surface area contributed by atoms with Crippen LogP contribution in [-0.2, 0) is 26.0 Å². The molecule has 1 heterocycles. The van der Waals surface area contributed by atoms with Gasteiger partial charge in [-0.05, 0) is 62.2 Å². The van der Waals surface area contributed by atoms with Gasteiger partial charge < -0.3 is 14.0 Å². The lowest BCUT2D eigenvalue weighted by molar-refractivity contribution is 0.0526. The topological polar surface area (TPSA) is 107 Å². The van der Waals surface area contributed by atoms with Gasteiger partial charge in [0, 0.05) is 32.3 Å². The lowest BCUT2D eigenvalue weighted by atomic mass is 10.2. The highest BCUT2D eigenvalue weighted by atomic mass is 32.2. The van der Waals surface area contributed by atoms with Crippen LogP contribution in [0.5, 0.6) is 0 Å². The summed E-state index contributed by atoms with van der Waals surface area (Å²) in [6.07, 6.45) is 1.43. The van der Waals surface area contributed by atoms with Crippen LogP contribution < -0.4 is 4.80 Å². The van der Waals surface area contributed by atoms with E-state index < -0.39 is 21.9 Å². The number of hydrogen-bond donors (Lipinski definition) is 0. The number of benzene rings is 2. The van der Waals surface area contributed by atoms with Crippen molar-refractivity contribution in [1.29, 1.82) is 0 Å². The monoisotopic (exact) mass is 547 g/mol. The first kappa shape index (κ1) is 28.7. The molecule has 0 atom stereocenters. The summed E-state index contributed by atoms with van der Waals surface area (Å²) >= 11 is 1.28. The Hall–Kier alpha value is -2.86. The molecule has 1 aromatic heterocycles.